The number of nitrogens with zero attached hydrogens (tertiary/aromatic N) is 1. The Hall–Kier alpha value is -0.980. The van der Waals surface area contributed by atoms with E-state index < -0.39 is 9.84 Å². The first kappa shape index (κ1) is 16.1. The van der Waals surface area contributed by atoms with Gasteiger partial charge >= 0.3 is 0 Å². The fourth-order valence-electron chi connectivity index (χ4n) is 1.72. The molecular weight excluding hydrogens is 267 g/mol. The molecule has 1 atom stereocenters. The normalized spacial score (nSPS) is 13.7. The van der Waals surface area contributed by atoms with Crippen LogP contribution in [0.3, 0.4) is 0 Å². The molecule has 108 valence electrons. The summed E-state index contributed by atoms with van der Waals surface area (Å²) in [4.78, 5) is 1.89. The Kier molecular flexibility index (Phi) is 5.90. The Morgan fingerprint density at radius 2 is 1.95 bits per heavy atom. The van der Waals surface area contributed by atoms with E-state index in [1.807, 2.05) is 11.9 Å². The molecule has 0 aromatic heterocycles. The molecule has 0 saturated carbocycles. The van der Waals surface area contributed by atoms with Gasteiger partial charge < -0.3 is 10.6 Å². The third-order valence-corrected chi connectivity index (χ3v) is 3.89. The van der Waals surface area contributed by atoms with E-state index in [1.54, 1.807) is 18.2 Å². The van der Waals surface area contributed by atoms with Crippen molar-refractivity contribution < 1.29 is 12.8 Å². The molecular formula is C13H21FN2O2S. The highest BCUT2D eigenvalue weighted by molar-refractivity contribution is 7.90. The number of sulfone groups is 1. The molecule has 19 heavy (non-hydrogen) atoms. The Bertz CT molecular complexity index is 505. The van der Waals surface area contributed by atoms with Gasteiger partial charge in [0, 0.05) is 24.4 Å². The zero-order chi connectivity index (χ0) is 14.5. The van der Waals surface area contributed by atoms with E-state index in [0.717, 1.165) is 0 Å². The molecule has 0 amide bonds. The van der Waals surface area contributed by atoms with Crippen LogP contribution in [-0.4, -0.2) is 45.5 Å². The summed E-state index contributed by atoms with van der Waals surface area (Å²) < 4.78 is 35.6. The number of rotatable bonds is 7. The lowest BCUT2D eigenvalue weighted by atomic mass is 10.0. The van der Waals surface area contributed by atoms with Crippen molar-refractivity contribution in [1.82, 2.24) is 4.90 Å². The van der Waals surface area contributed by atoms with Crippen LogP contribution >= 0.6 is 0 Å². The van der Waals surface area contributed by atoms with Crippen molar-refractivity contribution in [3.63, 3.8) is 0 Å². The fourth-order valence-corrected chi connectivity index (χ4v) is 2.37. The van der Waals surface area contributed by atoms with Gasteiger partial charge in [0.25, 0.3) is 0 Å². The summed E-state index contributed by atoms with van der Waals surface area (Å²) in [5.74, 6) is -0.174. The summed E-state index contributed by atoms with van der Waals surface area (Å²) in [5.41, 5.74) is 6.44. The molecule has 0 heterocycles. The summed E-state index contributed by atoms with van der Waals surface area (Å²) in [6.45, 7) is 1.09. The largest absolute Gasteiger partial charge is 0.324 e. The van der Waals surface area contributed by atoms with Gasteiger partial charge in [0.2, 0.25) is 0 Å². The van der Waals surface area contributed by atoms with Crippen LogP contribution in [0.5, 0.6) is 0 Å². The first-order valence-electron chi connectivity index (χ1n) is 6.16. The molecule has 0 spiro atoms. The minimum atomic E-state index is -2.95. The maximum absolute atomic E-state index is 13.5. The van der Waals surface area contributed by atoms with Crippen LogP contribution < -0.4 is 5.73 Å². The molecule has 1 aromatic carbocycles. The SMILES string of the molecule is CN(CCC(N)c1ccccc1F)CCS(C)(=O)=O. The van der Waals surface area contributed by atoms with Crippen LogP contribution in [0.1, 0.15) is 18.0 Å². The van der Waals surface area contributed by atoms with Crippen LogP contribution in [0.25, 0.3) is 0 Å². The van der Waals surface area contributed by atoms with Crippen LogP contribution in [0, 0.1) is 5.82 Å². The third kappa shape index (κ3) is 6.13. The molecule has 0 fully saturated rings. The Balaban J connectivity index is 2.42. The summed E-state index contributed by atoms with van der Waals surface area (Å²) >= 11 is 0. The van der Waals surface area contributed by atoms with Crippen molar-refractivity contribution in [2.24, 2.45) is 5.73 Å². The summed E-state index contributed by atoms with van der Waals surface area (Å²) in [5, 5.41) is 0. The molecule has 0 radical (unpaired) electrons. The molecule has 4 nitrogen and oxygen atoms in total. The minimum Gasteiger partial charge on any atom is -0.324 e. The third-order valence-electron chi connectivity index (χ3n) is 2.97. The van der Waals surface area contributed by atoms with Gasteiger partial charge in [0.1, 0.15) is 15.7 Å². The number of halogens is 1. The molecule has 1 aromatic rings. The standard InChI is InChI=1S/C13H21FN2O2S/c1-16(9-10-19(2,17)18)8-7-13(15)11-5-3-4-6-12(11)14/h3-6,13H,7-10,15H2,1-2H3. The van der Waals surface area contributed by atoms with Gasteiger partial charge in [-0.05, 0) is 26.1 Å². The number of hydrogen-bond acceptors (Lipinski definition) is 4. The first-order valence-corrected chi connectivity index (χ1v) is 8.22. The molecule has 1 unspecified atom stereocenters. The molecule has 6 heteroatoms. The Morgan fingerprint density at radius 1 is 1.32 bits per heavy atom. The number of benzene rings is 1. The molecule has 0 aliphatic heterocycles. The van der Waals surface area contributed by atoms with E-state index in [-0.39, 0.29) is 17.6 Å². The summed E-state index contributed by atoms with van der Waals surface area (Å²) in [6, 6.07) is 6.08. The quantitative estimate of drug-likeness (QED) is 0.818. The molecule has 0 aliphatic rings. The minimum absolute atomic E-state index is 0.123. The van der Waals surface area contributed by atoms with E-state index >= 15 is 0 Å². The van der Waals surface area contributed by atoms with Crippen LogP contribution in [0.4, 0.5) is 4.39 Å². The first-order chi connectivity index (χ1) is 8.79. The second-order valence-electron chi connectivity index (χ2n) is 4.85. The van der Waals surface area contributed by atoms with Gasteiger partial charge in [0.15, 0.2) is 0 Å². The van der Waals surface area contributed by atoms with Crippen LogP contribution in [0.15, 0.2) is 24.3 Å². The zero-order valence-electron chi connectivity index (χ0n) is 11.3. The highest BCUT2D eigenvalue weighted by Crippen LogP contribution is 2.17. The van der Waals surface area contributed by atoms with E-state index in [9.17, 15) is 12.8 Å². The van der Waals surface area contributed by atoms with Crippen LogP contribution in [-0.2, 0) is 9.84 Å². The van der Waals surface area contributed by atoms with Gasteiger partial charge in [-0.15, -0.1) is 0 Å². The smallest absolute Gasteiger partial charge is 0.148 e. The van der Waals surface area contributed by atoms with Crippen molar-refractivity contribution >= 4 is 9.84 Å². The number of hydrogen-bond donors (Lipinski definition) is 1. The lowest BCUT2D eigenvalue weighted by molar-refractivity contribution is 0.334. The van der Waals surface area contributed by atoms with Gasteiger partial charge in [0.05, 0.1) is 5.75 Å². The summed E-state index contributed by atoms with van der Waals surface area (Å²) in [7, 11) is -1.12. The summed E-state index contributed by atoms with van der Waals surface area (Å²) in [6.07, 6.45) is 1.80. The lowest BCUT2D eigenvalue weighted by Gasteiger charge is -2.19. The van der Waals surface area contributed by atoms with Crippen molar-refractivity contribution in [3.8, 4) is 0 Å². The van der Waals surface area contributed by atoms with E-state index in [4.69, 9.17) is 5.73 Å². The molecule has 0 bridgehead atoms. The van der Waals surface area contributed by atoms with Gasteiger partial charge in [-0.2, -0.15) is 0 Å². The average Bonchev–Trinajstić information content (AvgIpc) is 2.33. The van der Waals surface area contributed by atoms with Gasteiger partial charge in [-0.1, -0.05) is 18.2 Å². The van der Waals surface area contributed by atoms with Crippen molar-refractivity contribution in [2.45, 2.75) is 12.5 Å². The molecule has 0 saturated heterocycles. The second-order valence-corrected chi connectivity index (χ2v) is 7.11. The molecule has 0 aliphatic carbocycles. The van der Waals surface area contributed by atoms with Gasteiger partial charge in [-0.3, -0.25) is 0 Å². The van der Waals surface area contributed by atoms with Crippen molar-refractivity contribution in [2.75, 3.05) is 32.1 Å². The fraction of sp³-hybridized carbons (Fsp3) is 0.538. The average molecular weight is 288 g/mol. The predicted octanol–water partition coefficient (Wildman–Crippen LogP) is 1.19. The topological polar surface area (TPSA) is 63.4 Å². The maximum Gasteiger partial charge on any atom is 0.148 e. The molecule has 2 N–H and O–H groups in total. The maximum atomic E-state index is 13.5. The Labute approximate surface area is 114 Å². The Morgan fingerprint density at radius 3 is 2.53 bits per heavy atom. The predicted molar refractivity (Wildman–Crippen MR) is 75.2 cm³/mol. The van der Waals surface area contributed by atoms with Crippen molar-refractivity contribution in [1.29, 1.82) is 0 Å². The second kappa shape index (κ2) is 6.98. The zero-order valence-corrected chi connectivity index (χ0v) is 12.2. The monoisotopic (exact) mass is 288 g/mol. The lowest BCUT2D eigenvalue weighted by Crippen LogP contribution is -2.28. The van der Waals surface area contributed by atoms with Gasteiger partial charge in [-0.25, -0.2) is 12.8 Å². The van der Waals surface area contributed by atoms with Crippen LogP contribution in [0.2, 0.25) is 0 Å². The van der Waals surface area contributed by atoms with E-state index in [0.29, 0.717) is 25.1 Å². The van der Waals surface area contributed by atoms with E-state index in [2.05, 4.69) is 0 Å². The highest BCUT2D eigenvalue weighted by Gasteiger charge is 2.12. The number of nitrogens with two attached hydrogens (primary N) is 1. The molecule has 1 rings (SSSR count). The van der Waals surface area contributed by atoms with E-state index in [1.165, 1.54) is 12.3 Å². The highest BCUT2D eigenvalue weighted by atomic mass is 32.2. The van der Waals surface area contributed by atoms with Crippen molar-refractivity contribution in [3.05, 3.63) is 35.6 Å².